The lowest BCUT2D eigenvalue weighted by molar-refractivity contribution is -0.118. The van der Waals surface area contributed by atoms with Gasteiger partial charge >= 0.3 is 5.97 Å². The van der Waals surface area contributed by atoms with Crippen LogP contribution in [0, 0.1) is 0 Å². The third kappa shape index (κ3) is 3.92. The largest absolute Gasteiger partial charge is 0.482 e. The molecular formula is C17H15Cl2NO4S. The molecule has 132 valence electrons. The maximum absolute atomic E-state index is 12.2. The standard InChI is InChI=1S/C17H15Cl2NO4S/c1-23-17(22)15-10-3-2-4-13(10)25-16(15)20-14(21)8-24-12-6-5-9(18)7-11(12)19/h5-7H,2-4,8H2,1H3,(H,20,21). The van der Waals surface area contributed by atoms with Gasteiger partial charge in [0.2, 0.25) is 0 Å². The van der Waals surface area contributed by atoms with Crippen molar-refractivity contribution < 1.29 is 19.1 Å². The van der Waals surface area contributed by atoms with Gasteiger partial charge in [0, 0.05) is 9.90 Å². The Balaban J connectivity index is 1.70. The van der Waals surface area contributed by atoms with Gasteiger partial charge in [0.15, 0.2) is 6.61 Å². The molecule has 0 saturated heterocycles. The number of aryl methyl sites for hydroxylation is 1. The Morgan fingerprint density at radius 2 is 2.08 bits per heavy atom. The molecule has 1 aliphatic carbocycles. The molecule has 3 rings (SSSR count). The second kappa shape index (κ2) is 7.64. The number of ether oxygens (including phenoxy) is 2. The van der Waals surface area contributed by atoms with Crippen LogP contribution in [0.1, 0.15) is 27.2 Å². The minimum absolute atomic E-state index is 0.232. The van der Waals surface area contributed by atoms with Gasteiger partial charge in [0.1, 0.15) is 10.8 Å². The summed E-state index contributed by atoms with van der Waals surface area (Å²) in [7, 11) is 1.33. The summed E-state index contributed by atoms with van der Waals surface area (Å²) in [5.74, 6) is -0.449. The van der Waals surface area contributed by atoms with Crippen LogP contribution in [0.15, 0.2) is 18.2 Å². The lowest BCUT2D eigenvalue weighted by Gasteiger charge is -2.09. The second-order valence-electron chi connectivity index (χ2n) is 5.46. The van der Waals surface area contributed by atoms with Crippen molar-refractivity contribution in [3.8, 4) is 5.75 Å². The van der Waals surface area contributed by atoms with Crippen LogP contribution in [0.5, 0.6) is 5.75 Å². The van der Waals surface area contributed by atoms with Gasteiger partial charge in [0.05, 0.1) is 17.7 Å². The molecule has 1 aliphatic rings. The zero-order valence-electron chi connectivity index (χ0n) is 13.4. The van der Waals surface area contributed by atoms with Crippen LogP contribution in [0.3, 0.4) is 0 Å². The summed E-state index contributed by atoms with van der Waals surface area (Å²) in [5.41, 5.74) is 1.44. The van der Waals surface area contributed by atoms with Crippen molar-refractivity contribution in [3.05, 3.63) is 44.2 Å². The van der Waals surface area contributed by atoms with Crippen molar-refractivity contribution in [2.24, 2.45) is 0 Å². The molecule has 2 aromatic rings. The van der Waals surface area contributed by atoms with E-state index in [0.717, 1.165) is 29.7 Å². The van der Waals surface area contributed by atoms with Crippen molar-refractivity contribution in [3.63, 3.8) is 0 Å². The summed E-state index contributed by atoms with van der Waals surface area (Å²) in [5, 5.41) is 4.06. The van der Waals surface area contributed by atoms with Crippen LogP contribution < -0.4 is 10.1 Å². The lowest BCUT2D eigenvalue weighted by Crippen LogP contribution is -2.21. The van der Waals surface area contributed by atoms with Gasteiger partial charge in [-0.1, -0.05) is 23.2 Å². The number of methoxy groups -OCH3 is 1. The molecule has 1 aromatic carbocycles. The summed E-state index contributed by atoms with van der Waals surface area (Å²) < 4.78 is 10.3. The number of nitrogens with one attached hydrogen (secondary N) is 1. The number of hydrogen-bond donors (Lipinski definition) is 1. The van der Waals surface area contributed by atoms with Crippen LogP contribution in [0.4, 0.5) is 5.00 Å². The molecule has 1 heterocycles. The normalized spacial score (nSPS) is 12.6. The summed E-state index contributed by atoms with van der Waals surface area (Å²) in [6, 6.07) is 4.76. The molecule has 0 spiro atoms. The van der Waals surface area contributed by atoms with Gasteiger partial charge < -0.3 is 14.8 Å². The molecule has 0 aliphatic heterocycles. The van der Waals surface area contributed by atoms with Crippen molar-refractivity contribution in [2.75, 3.05) is 19.0 Å². The van der Waals surface area contributed by atoms with Crippen LogP contribution in [-0.2, 0) is 22.4 Å². The van der Waals surface area contributed by atoms with Crippen molar-refractivity contribution >= 4 is 51.4 Å². The van der Waals surface area contributed by atoms with Gasteiger partial charge in [-0.05, 0) is 43.0 Å². The van der Waals surface area contributed by atoms with E-state index in [0.29, 0.717) is 26.4 Å². The number of thiophene rings is 1. The number of esters is 1. The van der Waals surface area contributed by atoms with E-state index in [2.05, 4.69) is 5.32 Å². The molecule has 0 radical (unpaired) electrons. The molecule has 1 N–H and O–H groups in total. The predicted molar refractivity (Wildman–Crippen MR) is 98.3 cm³/mol. The van der Waals surface area contributed by atoms with Gasteiger partial charge in [-0.15, -0.1) is 11.3 Å². The zero-order chi connectivity index (χ0) is 18.0. The first-order valence-electron chi connectivity index (χ1n) is 7.60. The Kier molecular flexibility index (Phi) is 5.51. The minimum atomic E-state index is -0.434. The molecule has 8 heteroatoms. The first-order chi connectivity index (χ1) is 12.0. The highest BCUT2D eigenvalue weighted by Crippen LogP contribution is 2.39. The predicted octanol–water partition coefficient (Wildman–Crippen LogP) is 4.35. The summed E-state index contributed by atoms with van der Waals surface area (Å²) in [4.78, 5) is 25.4. The molecule has 0 bridgehead atoms. The quantitative estimate of drug-likeness (QED) is 0.758. The highest BCUT2D eigenvalue weighted by Gasteiger charge is 2.28. The molecule has 1 amide bonds. The number of hydrogen-bond acceptors (Lipinski definition) is 5. The Morgan fingerprint density at radius 1 is 1.28 bits per heavy atom. The third-order valence-electron chi connectivity index (χ3n) is 3.82. The van der Waals surface area contributed by atoms with E-state index in [1.807, 2.05) is 0 Å². The summed E-state index contributed by atoms with van der Waals surface area (Å²) in [6.45, 7) is -0.232. The van der Waals surface area contributed by atoms with Gasteiger partial charge in [-0.3, -0.25) is 4.79 Å². The Labute approximate surface area is 158 Å². The fraction of sp³-hybridized carbons (Fsp3) is 0.294. The maximum atomic E-state index is 12.2. The molecule has 5 nitrogen and oxygen atoms in total. The van der Waals surface area contributed by atoms with E-state index >= 15 is 0 Å². The van der Waals surface area contributed by atoms with E-state index in [1.54, 1.807) is 12.1 Å². The van der Waals surface area contributed by atoms with E-state index < -0.39 is 5.97 Å². The molecule has 0 fully saturated rings. The molecule has 25 heavy (non-hydrogen) atoms. The molecule has 0 unspecified atom stereocenters. The number of benzene rings is 1. The number of fused-ring (bicyclic) bond motifs is 1. The average molecular weight is 400 g/mol. The Hall–Kier alpha value is -1.76. The van der Waals surface area contributed by atoms with Crippen molar-refractivity contribution in [1.82, 2.24) is 0 Å². The summed E-state index contributed by atoms with van der Waals surface area (Å²) in [6.07, 6.45) is 2.75. The topological polar surface area (TPSA) is 64.6 Å². The number of halogens is 2. The van der Waals surface area contributed by atoms with Crippen molar-refractivity contribution in [2.45, 2.75) is 19.3 Å². The Bertz CT molecular complexity index is 834. The van der Waals surface area contributed by atoms with Gasteiger partial charge in [0.25, 0.3) is 5.91 Å². The van der Waals surface area contributed by atoms with E-state index in [1.165, 1.54) is 24.5 Å². The smallest absolute Gasteiger partial charge is 0.341 e. The zero-order valence-corrected chi connectivity index (χ0v) is 15.7. The first-order valence-corrected chi connectivity index (χ1v) is 9.17. The van der Waals surface area contributed by atoms with Crippen LogP contribution >= 0.6 is 34.5 Å². The number of rotatable bonds is 5. The van der Waals surface area contributed by atoms with E-state index in [4.69, 9.17) is 32.7 Å². The number of carbonyl (C=O) groups is 2. The van der Waals surface area contributed by atoms with Crippen molar-refractivity contribution in [1.29, 1.82) is 0 Å². The van der Waals surface area contributed by atoms with Crippen LogP contribution in [0.25, 0.3) is 0 Å². The third-order valence-corrected chi connectivity index (χ3v) is 5.55. The SMILES string of the molecule is COC(=O)c1c(NC(=O)COc2ccc(Cl)cc2Cl)sc2c1CCC2. The van der Waals surface area contributed by atoms with E-state index in [-0.39, 0.29) is 12.5 Å². The van der Waals surface area contributed by atoms with Crippen LogP contribution in [0.2, 0.25) is 10.0 Å². The number of amides is 1. The average Bonchev–Trinajstić information content (AvgIpc) is 3.14. The highest BCUT2D eigenvalue weighted by molar-refractivity contribution is 7.17. The Morgan fingerprint density at radius 3 is 2.80 bits per heavy atom. The fourth-order valence-corrected chi connectivity index (χ4v) is 4.47. The molecule has 1 aromatic heterocycles. The minimum Gasteiger partial charge on any atom is -0.482 e. The monoisotopic (exact) mass is 399 g/mol. The molecule has 0 saturated carbocycles. The second-order valence-corrected chi connectivity index (χ2v) is 7.41. The molecular weight excluding hydrogens is 385 g/mol. The highest BCUT2D eigenvalue weighted by atomic mass is 35.5. The fourth-order valence-electron chi connectivity index (χ4n) is 2.71. The first kappa shape index (κ1) is 18.0. The number of carbonyl (C=O) groups excluding carboxylic acids is 2. The maximum Gasteiger partial charge on any atom is 0.341 e. The van der Waals surface area contributed by atoms with Gasteiger partial charge in [-0.25, -0.2) is 4.79 Å². The lowest BCUT2D eigenvalue weighted by atomic mass is 10.1. The van der Waals surface area contributed by atoms with E-state index in [9.17, 15) is 9.59 Å². The number of anilines is 1. The summed E-state index contributed by atoms with van der Waals surface area (Å²) >= 11 is 13.2. The van der Waals surface area contributed by atoms with Gasteiger partial charge in [-0.2, -0.15) is 0 Å². The molecule has 0 atom stereocenters. The van der Waals surface area contributed by atoms with Crippen LogP contribution in [-0.4, -0.2) is 25.6 Å².